The number of hydroxylamine groups is 2. The zero-order chi connectivity index (χ0) is 18.4. The van der Waals surface area contributed by atoms with Crippen LogP contribution in [-0.2, 0) is 16.0 Å². The highest BCUT2D eigenvalue weighted by atomic mass is 16.5. The van der Waals surface area contributed by atoms with Gasteiger partial charge < -0.3 is 20.7 Å². The largest absolute Gasteiger partial charge is 0.758 e. The van der Waals surface area contributed by atoms with Crippen molar-refractivity contribution in [3.63, 3.8) is 0 Å². The van der Waals surface area contributed by atoms with Gasteiger partial charge in [0, 0.05) is 41.1 Å². The Morgan fingerprint density at radius 2 is 1.96 bits per heavy atom. The number of aliphatic hydroxyl groups excluding tert-OH is 1. The number of rotatable bonds is 0. The minimum absolute atomic E-state index is 0.0654. The summed E-state index contributed by atoms with van der Waals surface area (Å²) in [5.74, 6) is -1.19. The Balaban J connectivity index is 1.62. The maximum Gasteiger partial charge on any atom is 0.250 e. The van der Waals surface area contributed by atoms with Crippen molar-refractivity contribution < 1.29 is 14.7 Å². The molecule has 5 aliphatic rings. The molecule has 5 atom stereocenters. The number of carbonyl (C=O) groups is 2. The molecule has 0 radical (unpaired) electrons. The minimum Gasteiger partial charge on any atom is -0.758 e. The standard InChI is InChI=1S/C21H17N2O4/c24-13-7-3-6-12-15(13)16-18-17(20(25)22-21(18)26)14-10-5-2-1-4-9(10)8-11(14)19(16)23(12)27/h1-5,7,11,14,17,19-20,25H,6,8H2,(H,22,26)/q-1. The summed E-state index contributed by atoms with van der Waals surface area (Å²) >= 11 is 0. The molecule has 1 amide bonds. The predicted octanol–water partition coefficient (Wildman–Crippen LogP) is 1.28. The summed E-state index contributed by atoms with van der Waals surface area (Å²) in [4.78, 5) is 25.4. The third-order valence-corrected chi connectivity index (χ3v) is 6.81. The van der Waals surface area contributed by atoms with Crippen LogP contribution in [0.4, 0.5) is 0 Å². The van der Waals surface area contributed by atoms with Crippen LogP contribution in [0.15, 0.2) is 58.8 Å². The van der Waals surface area contributed by atoms with Gasteiger partial charge in [0.2, 0.25) is 5.91 Å². The van der Waals surface area contributed by atoms with E-state index in [1.54, 1.807) is 6.08 Å². The molecule has 1 aromatic rings. The number of nitrogens with one attached hydrogen (secondary N) is 1. The number of nitrogens with zero attached hydrogens (tertiary/aromatic N) is 1. The number of hydrogen-bond acceptors (Lipinski definition) is 5. The smallest absolute Gasteiger partial charge is 0.250 e. The van der Waals surface area contributed by atoms with Gasteiger partial charge in [0.1, 0.15) is 6.23 Å². The number of fused-ring (bicyclic) bond motifs is 8. The molecule has 3 aliphatic carbocycles. The molecule has 6 rings (SSSR count). The summed E-state index contributed by atoms with van der Waals surface area (Å²) in [6.07, 6.45) is 3.29. The van der Waals surface area contributed by atoms with Crippen molar-refractivity contribution in [2.75, 3.05) is 0 Å². The molecule has 2 heterocycles. The summed E-state index contributed by atoms with van der Waals surface area (Å²) in [6.45, 7) is 0. The van der Waals surface area contributed by atoms with E-state index in [1.807, 2.05) is 24.3 Å². The lowest BCUT2D eigenvalue weighted by Gasteiger charge is -2.45. The summed E-state index contributed by atoms with van der Waals surface area (Å²) < 4.78 is 0. The number of ketones is 1. The first-order valence-electron chi connectivity index (χ1n) is 9.29. The summed E-state index contributed by atoms with van der Waals surface area (Å²) in [5, 5.41) is 27.5. The van der Waals surface area contributed by atoms with Crippen molar-refractivity contribution in [1.29, 1.82) is 0 Å². The highest BCUT2D eigenvalue weighted by Gasteiger charge is 2.58. The number of allylic oxidation sites excluding steroid dienone is 2. The second-order valence-corrected chi connectivity index (χ2v) is 7.93. The Kier molecular flexibility index (Phi) is 2.83. The van der Waals surface area contributed by atoms with Crippen LogP contribution >= 0.6 is 0 Å². The molecule has 0 spiro atoms. The molecule has 2 aliphatic heterocycles. The molecule has 6 nitrogen and oxygen atoms in total. The Morgan fingerprint density at radius 3 is 2.81 bits per heavy atom. The van der Waals surface area contributed by atoms with Crippen LogP contribution in [0.1, 0.15) is 23.5 Å². The Hall–Kier alpha value is -2.70. The maximum atomic E-state index is 13.2. The molecule has 0 bridgehead atoms. The second kappa shape index (κ2) is 4.97. The zero-order valence-corrected chi connectivity index (χ0v) is 14.4. The fraction of sp³-hybridized carbons (Fsp3) is 0.333. The van der Waals surface area contributed by atoms with Gasteiger partial charge in [-0.05, 0) is 35.1 Å². The van der Waals surface area contributed by atoms with E-state index in [-0.39, 0.29) is 23.5 Å². The second-order valence-electron chi connectivity index (χ2n) is 7.93. The fourth-order valence-electron chi connectivity index (χ4n) is 5.92. The molecule has 1 fully saturated rings. The van der Waals surface area contributed by atoms with Crippen LogP contribution < -0.4 is 5.32 Å². The van der Waals surface area contributed by atoms with E-state index in [4.69, 9.17) is 0 Å². The fourth-order valence-corrected chi connectivity index (χ4v) is 5.92. The highest BCUT2D eigenvalue weighted by Crippen LogP contribution is 2.59. The van der Waals surface area contributed by atoms with Crippen LogP contribution in [-0.4, -0.2) is 34.1 Å². The zero-order valence-electron chi connectivity index (χ0n) is 14.4. The molecule has 136 valence electrons. The summed E-state index contributed by atoms with van der Waals surface area (Å²) in [5.41, 5.74) is 4.09. The molecule has 0 aromatic heterocycles. The van der Waals surface area contributed by atoms with Gasteiger partial charge in [-0.15, -0.1) is 0 Å². The number of carbonyl (C=O) groups excluding carboxylic acids is 2. The third-order valence-electron chi connectivity index (χ3n) is 6.81. The van der Waals surface area contributed by atoms with Crippen molar-refractivity contribution in [3.05, 3.63) is 75.2 Å². The highest BCUT2D eigenvalue weighted by molar-refractivity contribution is 6.12. The third kappa shape index (κ3) is 1.72. The van der Waals surface area contributed by atoms with Crippen molar-refractivity contribution in [1.82, 2.24) is 10.4 Å². The van der Waals surface area contributed by atoms with Gasteiger partial charge >= 0.3 is 0 Å². The van der Waals surface area contributed by atoms with E-state index in [0.29, 0.717) is 35.3 Å². The van der Waals surface area contributed by atoms with Gasteiger partial charge in [-0.25, -0.2) is 0 Å². The number of aliphatic hydroxyl groups is 1. The van der Waals surface area contributed by atoms with E-state index in [9.17, 15) is 19.9 Å². The van der Waals surface area contributed by atoms with Crippen LogP contribution in [0.3, 0.4) is 0 Å². The Morgan fingerprint density at radius 1 is 1.15 bits per heavy atom. The monoisotopic (exact) mass is 361 g/mol. The van der Waals surface area contributed by atoms with E-state index < -0.39 is 18.2 Å². The van der Waals surface area contributed by atoms with Crippen molar-refractivity contribution in [2.45, 2.75) is 31.0 Å². The van der Waals surface area contributed by atoms with Gasteiger partial charge in [-0.2, -0.15) is 0 Å². The predicted molar refractivity (Wildman–Crippen MR) is 95.8 cm³/mol. The van der Waals surface area contributed by atoms with Crippen molar-refractivity contribution in [2.24, 2.45) is 11.8 Å². The minimum atomic E-state index is -1.00. The first kappa shape index (κ1) is 15.4. The molecule has 1 aromatic carbocycles. The van der Waals surface area contributed by atoms with Crippen LogP contribution in [0.5, 0.6) is 0 Å². The Bertz CT molecular complexity index is 1020. The van der Waals surface area contributed by atoms with Crippen LogP contribution in [0, 0.1) is 17.0 Å². The lowest BCUT2D eigenvalue weighted by molar-refractivity contribution is -0.117. The van der Waals surface area contributed by atoms with Gasteiger partial charge in [0.15, 0.2) is 5.78 Å². The molecule has 2 N–H and O–H groups in total. The SMILES string of the molecule is O=C1C=CCC2=C1C1=C3C(=O)NC(O)C3C3c4ccccc4CC3C1N2[O-]. The molecule has 6 heteroatoms. The van der Waals surface area contributed by atoms with Crippen molar-refractivity contribution >= 4 is 11.7 Å². The van der Waals surface area contributed by atoms with E-state index in [2.05, 4.69) is 5.32 Å². The summed E-state index contributed by atoms with van der Waals surface area (Å²) in [7, 11) is 0. The van der Waals surface area contributed by atoms with Crippen molar-refractivity contribution in [3.8, 4) is 0 Å². The van der Waals surface area contributed by atoms with E-state index >= 15 is 0 Å². The quantitative estimate of drug-likeness (QED) is 0.726. The van der Waals surface area contributed by atoms with Crippen LogP contribution in [0.2, 0.25) is 0 Å². The summed E-state index contributed by atoms with van der Waals surface area (Å²) in [6, 6.07) is 7.46. The lowest BCUT2D eigenvalue weighted by Crippen LogP contribution is -2.44. The van der Waals surface area contributed by atoms with Gasteiger partial charge in [-0.1, -0.05) is 30.3 Å². The molecular weight excluding hydrogens is 344 g/mol. The first-order chi connectivity index (χ1) is 13.1. The van der Waals surface area contributed by atoms with Gasteiger partial charge in [0.25, 0.3) is 0 Å². The number of hydrogen-bond donors (Lipinski definition) is 2. The average Bonchev–Trinajstić information content (AvgIpc) is 3.26. The van der Waals surface area contributed by atoms with Gasteiger partial charge in [-0.3, -0.25) is 9.59 Å². The maximum absolute atomic E-state index is 13.2. The first-order valence-corrected chi connectivity index (χ1v) is 9.29. The van der Waals surface area contributed by atoms with E-state index in [0.717, 1.165) is 16.2 Å². The Labute approximate surface area is 155 Å². The lowest BCUT2D eigenvalue weighted by atomic mass is 9.66. The normalized spacial score (nSPS) is 35.8. The topological polar surface area (TPSA) is 92.7 Å². The van der Waals surface area contributed by atoms with Crippen LogP contribution in [0.25, 0.3) is 0 Å². The molecule has 5 unspecified atom stereocenters. The average molecular weight is 361 g/mol. The van der Waals surface area contributed by atoms with Gasteiger partial charge in [0.05, 0.1) is 0 Å². The van der Waals surface area contributed by atoms with E-state index in [1.165, 1.54) is 6.08 Å². The number of benzene rings is 1. The molecule has 0 saturated carbocycles. The molecule has 1 saturated heterocycles. The molecule has 27 heavy (non-hydrogen) atoms. The number of amides is 1. The molecular formula is C21H17N2O4-.